The predicted octanol–water partition coefficient (Wildman–Crippen LogP) is 2.41. The Morgan fingerprint density at radius 2 is 1.57 bits per heavy atom. The summed E-state index contributed by atoms with van der Waals surface area (Å²) in [6.45, 7) is 12.3. The lowest BCUT2D eigenvalue weighted by molar-refractivity contribution is -0.0802. The summed E-state index contributed by atoms with van der Waals surface area (Å²) in [4.78, 5) is 2.55. The molecule has 0 unspecified atom stereocenters. The summed E-state index contributed by atoms with van der Waals surface area (Å²) < 4.78 is 0. The SMILES string of the molecule is CCCN1C(C)(C)CC(O)CC1(C)C. The van der Waals surface area contributed by atoms with Gasteiger partial charge in [0.05, 0.1) is 6.10 Å². The largest absolute Gasteiger partial charge is 0.393 e. The average molecular weight is 199 g/mol. The minimum absolute atomic E-state index is 0.131. The van der Waals surface area contributed by atoms with Crippen molar-refractivity contribution < 1.29 is 5.11 Å². The molecule has 1 N–H and O–H groups in total. The topological polar surface area (TPSA) is 23.5 Å². The molecule has 2 heteroatoms. The third kappa shape index (κ3) is 2.29. The van der Waals surface area contributed by atoms with Gasteiger partial charge in [-0.2, -0.15) is 0 Å². The highest BCUT2D eigenvalue weighted by Gasteiger charge is 2.43. The van der Waals surface area contributed by atoms with Gasteiger partial charge in [0.1, 0.15) is 0 Å². The maximum atomic E-state index is 9.84. The van der Waals surface area contributed by atoms with Crippen molar-refractivity contribution in [3.05, 3.63) is 0 Å². The molecule has 0 bridgehead atoms. The zero-order valence-electron chi connectivity index (χ0n) is 10.3. The summed E-state index contributed by atoms with van der Waals surface area (Å²) in [7, 11) is 0. The van der Waals surface area contributed by atoms with Gasteiger partial charge in [0.25, 0.3) is 0 Å². The van der Waals surface area contributed by atoms with Crippen LogP contribution in [0.4, 0.5) is 0 Å². The number of piperidine rings is 1. The van der Waals surface area contributed by atoms with E-state index in [2.05, 4.69) is 39.5 Å². The maximum absolute atomic E-state index is 9.84. The van der Waals surface area contributed by atoms with Gasteiger partial charge in [0, 0.05) is 11.1 Å². The molecular formula is C12H25NO. The zero-order chi connectivity index (χ0) is 11.0. The van der Waals surface area contributed by atoms with Crippen molar-refractivity contribution in [2.45, 2.75) is 71.1 Å². The Hall–Kier alpha value is -0.0800. The van der Waals surface area contributed by atoms with Crippen molar-refractivity contribution in [2.75, 3.05) is 6.54 Å². The number of nitrogens with zero attached hydrogens (tertiary/aromatic N) is 1. The Labute approximate surface area is 88.3 Å². The van der Waals surface area contributed by atoms with Gasteiger partial charge >= 0.3 is 0 Å². The molecule has 2 nitrogen and oxygen atoms in total. The van der Waals surface area contributed by atoms with Crippen molar-refractivity contribution in [1.29, 1.82) is 0 Å². The quantitative estimate of drug-likeness (QED) is 0.738. The van der Waals surface area contributed by atoms with Crippen LogP contribution in [0.5, 0.6) is 0 Å². The molecule has 1 heterocycles. The molecule has 0 spiro atoms. The second-order valence-electron chi connectivity index (χ2n) is 5.84. The van der Waals surface area contributed by atoms with Crippen LogP contribution >= 0.6 is 0 Å². The van der Waals surface area contributed by atoms with Crippen molar-refractivity contribution in [1.82, 2.24) is 4.90 Å². The molecule has 0 amide bonds. The lowest BCUT2D eigenvalue weighted by Gasteiger charge is -2.54. The van der Waals surface area contributed by atoms with Crippen LogP contribution < -0.4 is 0 Å². The van der Waals surface area contributed by atoms with E-state index in [-0.39, 0.29) is 17.2 Å². The first kappa shape index (κ1) is 12.0. The van der Waals surface area contributed by atoms with E-state index in [4.69, 9.17) is 0 Å². The zero-order valence-corrected chi connectivity index (χ0v) is 10.3. The standard InChI is InChI=1S/C12H25NO/c1-6-7-13-11(2,3)8-10(14)9-12(13,4)5/h10,14H,6-9H2,1-5H3. The van der Waals surface area contributed by atoms with Crippen LogP contribution in [0.15, 0.2) is 0 Å². The van der Waals surface area contributed by atoms with Gasteiger partial charge in [-0.3, -0.25) is 4.90 Å². The highest BCUT2D eigenvalue weighted by molar-refractivity contribution is 4.99. The number of hydrogen-bond acceptors (Lipinski definition) is 2. The third-order valence-corrected chi connectivity index (χ3v) is 3.38. The molecule has 0 aromatic carbocycles. The Morgan fingerprint density at radius 1 is 1.14 bits per heavy atom. The summed E-state index contributed by atoms with van der Waals surface area (Å²) in [6, 6.07) is 0. The van der Waals surface area contributed by atoms with Crippen molar-refractivity contribution in [3.63, 3.8) is 0 Å². The molecule has 1 aliphatic heterocycles. The van der Waals surface area contributed by atoms with E-state index in [1.165, 1.54) is 6.42 Å². The van der Waals surface area contributed by atoms with E-state index >= 15 is 0 Å². The van der Waals surface area contributed by atoms with Gasteiger partial charge in [-0.25, -0.2) is 0 Å². The van der Waals surface area contributed by atoms with Crippen LogP contribution in [0.1, 0.15) is 53.9 Å². The molecule has 0 atom stereocenters. The monoisotopic (exact) mass is 199 g/mol. The Bertz CT molecular complexity index is 180. The highest BCUT2D eigenvalue weighted by Crippen LogP contribution is 2.38. The summed E-state index contributed by atoms with van der Waals surface area (Å²) in [5.41, 5.74) is 0.272. The highest BCUT2D eigenvalue weighted by atomic mass is 16.3. The third-order valence-electron chi connectivity index (χ3n) is 3.38. The second-order valence-corrected chi connectivity index (χ2v) is 5.84. The van der Waals surface area contributed by atoms with Crippen molar-refractivity contribution in [3.8, 4) is 0 Å². The maximum Gasteiger partial charge on any atom is 0.0575 e. The first-order valence-corrected chi connectivity index (χ1v) is 5.75. The summed E-state index contributed by atoms with van der Waals surface area (Å²) in [5, 5.41) is 9.84. The van der Waals surface area contributed by atoms with Crippen LogP contribution in [-0.2, 0) is 0 Å². The minimum Gasteiger partial charge on any atom is -0.393 e. The molecule has 1 fully saturated rings. The number of rotatable bonds is 2. The van der Waals surface area contributed by atoms with Gasteiger partial charge < -0.3 is 5.11 Å². The fourth-order valence-corrected chi connectivity index (χ4v) is 3.09. The molecule has 1 saturated heterocycles. The normalized spacial score (nSPS) is 27.9. The fourth-order valence-electron chi connectivity index (χ4n) is 3.09. The van der Waals surface area contributed by atoms with Crippen LogP contribution in [0.25, 0.3) is 0 Å². The van der Waals surface area contributed by atoms with Crippen molar-refractivity contribution in [2.24, 2.45) is 0 Å². The molecule has 0 aromatic heterocycles. The molecular weight excluding hydrogens is 174 g/mol. The molecule has 0 radical (unpaired) electrons. The van der Waals surface area contributed by atoms with Gasteiger partial charge in [-0.15, -0.1) is 0 Å². The minimum atomic E-state index is -0.131. The Morgan fingerprint density at radius 3 is 1.93 bits per heavy atom. The lowest BCUT2D eigenvalue weighted by atomic mass is 9.78. The van der Waals surface area contributed by atoms with E-state index in [1.807, 2.05) is 0 Å². The van der Waals surface area contributed by atoms with Crippen LogP contribution in [-0.4, -0.2) is 33.7 Å². The van der Waals surface area contributed by atoms with Gasteiger partial charge in [-0.05, 0) is 53.5 Å². The van der Waals surface area contributed by atoms with E-state index in [0.29, 0.717) is 0 Å². The molecule has 1 aliphatic rings. The first-order chi connectivity index (χ1) is 6.29. The molecule has 0 aromatic rings. The lowest BCUT2D eigenvalue weighted by Crippen LogP contribution is -2.61. The molecule has 1 rings (SSSR count). The first-order valence-electron chi connectivity index (χ1n) is 5.75. The average Bonchev–Trinajstić information content (AvgIpc) is 1.94. The second kappa shape index (κ2) is 3.82. The van der Waals surface area contributed by atoms with Crippen LogP contribution in [0.3, 0.4) is 0 Å². The Kier molecular flexibility index (Phi) is 3.27. The predicted molar refractivity (Wildman–Crippen MR) is 60.4 cm³/mol. The van der Waals surface area contributed by atoms with E-state index in [1.54, 1.807) is 0 Å². The van der Waals surface area contributed by atoms with E-state index < -0.39 is 0 Å². The molecule has 14 heavy (non-hydrogen) atoms. The summed E-state index contributed by atoms with van der Waals surface area (Å²) >= 11 is 0. The summed E-state index contributed by atoms with van der Waals surface area (Å²) in [5.74, 6) is 0. The molecule has 84 valence electrons. The van der Waals surface area contributed by atoms with Crippen molar-refractivity contribution >= 4 is 0 Å². The number of aliphatic hydroxyl groups is 1. The smallest absolute Gasteiger partial charge is 0.0575 e. The van der Waals surface area contributed by atoms with Crippen LogP contribution in [0.2, 0.25) is 0 Å². The molecule has 0 saturated carbocycles. The molecule has 0 aliphatic carbocycles. The number of aliphatic hydroxyl groups excluding tert-OH is 1. The van der Waals surface area contributed by atoms with E-state index in [0.717, 1.165) is 19.4 Å². The Balaban J connectivity index is 2.85. The number of hydrogen-bond donors (Lipinski definition) is 1. The van der Waals surface area contributed by atoms with E-state index in [9.17, 15) is 5.11 Å². The van der Waals surface area contributed by atoms with Gasteiger partial charge in [-0.1, -0.05) is 6.92 Å². The van der Waals surface area contributed by atoms with Gasteiger partial charge in [0.2, 0.25) is 0 Å². The van der Waals surface area contributed by atoms with Gasteiger partial charge in [0.15, 0.2) is 0 Å². The number of likely N-dealkylation sites (tertiary alicyclic amines) is 1. The fraction of sp³-hybridized carbons (Fsp3) is 1.00. The van der Waals surface area contributed by atoms with Crippen LogP contribution in [0, 0.1) is 0 Å². The summed E-state index contributed by atoms with van der Waals surface area (Å²) in [6.07, 6.45) is 2.85.